The molecule has 0 bridgehead atoms. The molecule has 2 heterocycles. The van der Waals surface area contributed by atoms with Crippen molar-refractivity contribution in [1.29, 1.82) is 0 Å². The number of rotatable bonds is 8. The fraction of sp³-hybridized carbons (Fsp3) is 0.364. The van der Waals surface area contributed by atoms with Crippen LogP contribution in [0.3, 0.4) is 0 Å². The summed E-state index contributed by atoms with van der Waals surface area (Å²) in [6, 6.07) is 12.4. The van der Waals surface area contributed by atoms with Gasteiger partial charge in [-0.1, -0.05) is 50.5 Å². The van der Waals surface area contributed by atoms with Crippen molar-refractivity contribution in [2.45, 2.75) is 52.5 Å². The van der Waals surface area contributed by atoms with Crippen LogP contribution in [0.5, 0.6) is 0 Å². The largest absolute Gasteiger partial charge is 0.309 e. The van der Waals surface area contributed by atoms with Gasteiger partial charge in [-0.05, 0) is 37.0 Å². The van der Waals surface area contributed by atoms with Crippen molar-refractivity contribution in [2.24, 2.45) is 0 Å². The Morgan fingerprint density at radius 2 is 1.88 bits per heavy atom. The predicted molar refractivity (Wildman–Crippen MR) is 110 cm³/mol. The van der Waals surface area contributed by atoms with E-state index in [0.29, 0.717) is 6.54 Å². The van der Waals surface area contributed by atoms with Gasteiger partial charge in [0, 0.05) is 23.2 Å². The third-order valence-electron chi connectivity index (χ3n) is 4.58. The lowest BCUT2D eigenvalue weighted by atomic mass is 10.0. The molecule has 26 heavy (non-hydrogen) atoms. The topological polar surface area (TPSA) is 34.9 Å². The monoisotopic (exact) mass is 366 g/mol. The molecule has 0 amide bonds. The van der Waals surface area contributed by atoms with Gasteiger partial charge in [0.1, 0.15) is 5.01 Å². The smallest absolute Gasteiger partial charge is 0.251 e. The Bertz CT molecular complexity index is 893. The standard InChI is InChI=1S/C22H26N2OS/c1-3-4-5-6-7-18-8-10-19(11-9-18)20-16-26-21(23-20)15-24-13-12-17(2)14-22(24)25/h8-14,16H,3-7,15H2,1-2H3. The second-order valence-electron chi connectivity index (χ2n) is 6.80. The minimum Gasteiger partial charge on any atom is -0.309 e. The summed E-state index contributed by atoms with van der Waals surface area (Å²) in [5, 5.41) is 3.03. The first kappa shape index (κ1) is 18.6. The highest BCUT2D eigenvalue weighted by molar-refractivity contribution is 7.09. The van der Waals surface area contributed by atoms with E-state index in [4.69, 9.17) is 4.98 Å². The zero-order valence-electron chi connectivity index (χ0n) is 15.6. The SMILES string of the molecule is CCCCCCc1ccc(-c2csc(Cn3ccc(C)cc3=O)n2)cc1. The Morgan fingerprint density at radius 3 is 2.62 bits per heavy atom. The number of aryl methyl sites for hydroxylation is 2. The van der Waals surface area contributed by atoms with Crippen LogP contribution in [0.4, 0.5) is 0 Å². The second kappa shape index (κ2) is 8.95. The van der Waals surface area contributed by atoms with Crippen LogP contribution in [0.1, 0.15) is 48.7 Å². The highest BCUT2D eigenvalue weighted by Crippen LogP contribution is 2.23. The number of benzene rings is 1. The van der Waals surface area contributed by atoms with Crippen molar-refractivity contribution < 1.29 is 0 Å². The molecule has 2 aromatic heterocycles. The lowest BCUT2D eigenvalue weighted by molar-refractivity contribution is 0.667. The molecule has 0 atom stereocenters. The first-order chi connectivity index (χ1) is 12.7. The Hall–Kier alpha value is -2.20. The van der Waals surface area contributed by atoms with Gasteiger partial charge in [-0.3, -0.25) is 4.79 Å². The van der Waals surface area contributed by atoms with Gasteiger partial charge in [-0.2, -0.15) is 0 Å². The minimum absolute atomic E-state index is 0.0224. The number of aromatic nitrogens is 2. The third-order valence-corrected chi connectivity index (χ3v) is 5.41. The molecule has 0 saturated carbocycles. The number of thiazole rings is 1. The van der Waals surface area contributed by atoms with Gasteiger partial charge in [0.2, 0.25) is 0 Å². The number of hydrogen-bond acceptors (Lipinski definition) is 3. The molecule has 0 unspecified atom stereocenters. The maximum atomic E-state index is 12.0. The maximum absolute atomic E-state index is 12.0. The maximum Gasteiger partial charge on any atom is 0.251 e. The first-order valence-corrected chi connectivity index (χ1v) is 10.2. The molecular formula is C22H26N2OS. The molecule has 0 aliphatic rings. The van der Waals surface area contributed by atoms with E-state index in [1.165, 1.54) is 31.2 Å². The summed E-state index contributed by atoms with van der Waals surface area (Å²) in [5.41, 5.74) is 4.53. The lowest BCUT2D eigenvalue weighted by Gasteiger charge is -2.04. The van der Waals surface area contributed by atoms with Crippen molar-refractivity contribution >= 4 is 11.3 Å². The zero-order chi connectivity index (χ0) is 18.4. The molecular weight excluding hydrogens is 340 g/mol. The highest BCUT2D eigenvalue weighted by atomic mass is 32.1. The number of nitrogens with zero attached hydrogens (tertiary/aromatic N) is 2. The van der Waals surface area contributed by atoms with Crippen molar-refractivity contribution in [2.75, 3.05) is 0 Å². The minimum atomic E-state index is 0.0224. The van der Waals surface area contributed by atoms with Crippen molar-refractivity contribution in [1.82, 2.24) is 9.55 Å². The van der Waals surface area contributed by atoms with E-state index < -0.39 is 0 Å². The summed E-state index contributed by atoms with van der Waals surface area (Å²) < 4.78 is 1.70. The van der Waals surface area contributed by atoms with Crippen molar-refractivity contribution in [3.05, 3.63) is 74.5 Å². The van der Waals surface area contributed by atoms with E-state index >= 15 is 0 Å². The zero-order valence-corrected chi connectivity index (χ0v) is 16.4. The number of pyridine rings is 1. The Balaban J connectivity index is 1.64. The van der Waals surface area contributed by atoms with E-state index in [0.717, 1.165) is 28.2 Å². The van der Waals surface area contributed by atoms with Crippen LogP contribution in [0.2, 0.25) is 0 Å². The van der Waals surface area contributed by atoms with Crippen LogP contribution < -0.4 is 5.56 Å². The third kappa shape index (κ3) is 4.92. The lowest BCUT2D eigenvalue weighted by Crippen LogP contribution is -2.19. The van der Waals surface area contributed by atoms with Gasteiger partial charge in [0.05, 0.1) is 12.2 Å². The average Bonchev–Trinajstić information content (AvgIpc) is 3.10. The van der Waals surface area contributed by atoms with Gasteiger partial charge in [0.15, 0.2) is 0 Å². The van der Waals surface area contributed by atoms with Gasteiger partial charge < -0.3 is 4.57 Å². The summed E-state index contributed by atoms with van der Waals surface area (Å²) in [6.45, 7) is 4.70. The summed E-state index contributed by atoms with van der Waals surface area (Å²) in [6.07, 6.45) is 8.17. The van der Waals surface area contributed by atoms with Crippen LogP contribution in [0.25, 0.3) is 11.3 Å². The fourth-order valence-corrected chi connectivity index (χ4v) is 3.80. The van der Waals surface area contributed by atoms with E-state index in [1.807, 2.05) is 19.2 Å². The van der Waals surface area contributed by atoms with Gasteiger partial charge >= 0.3 is 0 Å². The Labute approximate surface area is 159 Å². The molecule has 0 saturated heterocycles. The summed E-state index contributed by atoms with van der Waals surface area (Å²) >= 11 is 1.60. The van der Waals surface area contributed by atoms with Crippen LogP contribution in [-0.2, 0) is 13.0 Å². The van der Waals surface area contributed by atoms with Gasteiger partial charge in [0.25, 0.3) is 5.56 Å². The molecule has 0 spiro atoms. The van der Waals surface area contributed by atoms with E-state index in [-0.39, 0.29) is 5.56 Å². The van der Waals surface area contributed by atoms with Crippen LogP contribution in [0.15, 0.2) is 52.8 Å². The number of hydrogen-bond donors (Lipinski definition) is 0. The summed E-state index contributed by atoms with van der Waals surface area (Å²) in [4.78, 5) is 16.7. The summed E-state index contributed by atoms with van der Waals surface area (Å²) in [7, 11) is 0. The predicted octanol–water partition coefficient (Wildman–Crippen LogP) is 5.45. The van der Waals surface area contributed by atoms with E-state index in [1.54, 1.807) is 22.0 Å². The van der Waals surface area contributed by atoms with Crippen LogP contribution >= 0.6 is 11.3 Å². The molecule has 0 radical (unpaired) electrons. The quantitative estimate of drug-likeness (QED) is 0.497. The van der Waals surface area contributed by atoms with E-state index in [2.05, 4.69) is 36.6 Å². The molecule has 0 N–H and O–H groups in total. The van der Waals surface area contributed by atoms with Crippen LogP contribution in [0, 0.1) is 6.92 Å². The summed E-state index contributed by atoms with van der Waals surface area (Å²) in [5.74, 6) is 0. The molecule has 4 heteroatoms. The second-order valence-corrected chi connectivity index (χ2v) is 7.75. The fourth-order valence-electron chi connectivity index (χ4n) is 3.00. The van der Waals surface area contributed by atoms with Crippen molar-refractivity contribution in [3.8, 4) is 11.3 Å². The van der Waals surface area contributed by atoms with Crippen LogP contribution in [-0.4, -0.2) is 9.55 Å². The highest BCUT2D eigenvalue weighted by Gasteiger charge is 2.06. The van der Waals surface area contributed by atoms with Gasteiger partial charge in [-0.25, -0.2) is 4.98 Å². The molecule has 3 nitrogen and oxygen atoms in total. The molecule has 3 rings (SSSR count). The molecule has 0 aliphatic carbocycles. The van der Waals surface area contributed by atoms with Crippen molar-refractivity contribution in [3.63, 3.8) is 0 Å². The molecule has 0 fully saturated rings. The average molecular weight is 367 g/mol. The first-order valence-electron chi connectivity index (χ1n) is 9.36. The Kier molecular flexibility index (Phi) is 6.40. The molecule has 136 valence electrons. The van der Waals surface area contributed by atoms with E-state index in [9.17, 15) is 4.79 Å². The molecule has 0 aliphatic heterocycles. The number of unbranched alkanes of at least 4 members (excludes halogenated alkanes) is 3. The molecule has 1 aromatic carbocycles. The van der Waals surface area contributed by atoms with Gasteiger partial charge in [-0.15, -0.1) is 11.3 Å². The normalized spacial score (nSPS) is 11.0. The Morgan fingerprint density at radius 1 is 1.08 bits per heavy atom. The molecule has 3 aromatic rings.